The molecule has 2 aromatic heterocycles. The fourth-order valence-electron chi connectivity index (χ4n) is 1.40. The maximum atomic E-state index is 4.08. The minimum absolute atomic E-state index is 0.217. The first-order chi connectivity index (χ1) is 7.29. The summed E-state index contributed by atoms with van der Waals surface area (Å²) in [5.41, 5.74) is 0.946. The average molecular weight is 287 g/mol. The molecule has 0 saturated carbocycles. The molecule has 2 N–H and O–H groups in total. The van der Waals surface area contributed by atoms with Gasteiger partial charge in [-0.25, -0.2) is 0 Å². The number of aromatic nitrogens is 3. The number of hydrogen-bond donors (Lipinski definition) is 2. The second-order valence-electron chi connectivity index (χ2n) is 3.15. The molecule has 0 aliphatic heterocycles. The Labute approximate surface area is 100 Å². The Kier molecular flexibility index (Phi) is 3.50. The lowest BCUT2D eigenvalue weighted by atomic mass is 10.1. The van der Waals surface area contributed by atoms with Crippen LogP contribution >= 0.6 is 27.3 Å². The molecular weight excluding hydrogens is 276 g/mol. The predicted octanol–water partition coefficient (Wildman–Crippen LogP) is 2.13. The van der Waals surface area contributed by atoms with E-state index in [0.717, 1.165) is 15.9 Å². The largest absolute Gasteiger partial charge is 0.311 e. The van der Waals surface area contributed by atoms with Crippen molar-refractivity contribution in [1.29, 1.82) is 0 Å². The van der Waals surface area contributed by atoms with Gasteiger partial charge in [0, 0.05) is 11.3 Å². The summed E-state index contributed by atoms with van der Waals surface area (Å²) >= 11 is 5.20. The van der Waals surface area contributed by atoms with Gasteiger partial charge in [0.15, 0.2) is 0 Å². The number of likely N-dealkylation sites (N-methyl/N-ethyl adjacent to an activating group) is 1. The zero-order chi connectivity index (χ0) is 10.7. The highest BCUT2D eigenvalue weighted by atomic mass is 79.9. The van der Waals surface area contributed by atoms with E-state index in [9.17, 15) is 0 Å². The molecule has 0 aliphatic carbocycles. The second-order valence-corrected chi connectivity index (χ2v) is 5.69. The molecule has 0 aromatic carbocycles. The normalized spacial score (nSPS) is 12.9. The second kappa shape index (κ2) is 4.87. The third-order valence-corrected chi connectivity index (χ3v) is 3.82. The lowest BCUT2D eigenvalue weighted by Gasteiger charge is -2.11. The summed E-state index contributed by atoms with van der Waals surface area (Å²) in [4.78, 5) is 1.32. The third-order valence-electron chi connectivity index (χ3n) is 2.17. The summed E-state index contributed by atoms with van der Waals surface area (Å²) in [7, 11) is 1.93. The van der Waals surface area contributed by atoms with Crippen LogP contribution in [0, 0.1) is 0 Å². The molecule has 1 unspecified atom stereocenters. The molecule has 1 atom stereocenters. The molecule has 2 rings (SSSR count). The van der Waals surface area contributed by atoms with Crippen LogP contribution in [-0.4, -0.2) is 22.5 Å². The Morgan fingerprint density at radius 1 is 1.60 bits per heavy atom. The van der Waals surface area contributed by atoms with Gasteiger partial charge in [0.1, 0.15) is 0 Å². The van der Waals surface area contributed by atoms with E-state index in [-0.39, 0.29) is 6.04 Å². The third kappa shape index (κ3) is 2.64. The smallest absolute Gasteiger partial charge is 0.0997 e. The Bertz CT molecular complexity index is 411. The van der Waals surface area contributed by atoms with Gasteiger partial charge < -0.3 is 5.32 Å². The zero-order valence-electron chi connectivity index (χ0n) is 8.20. The van der Waals surface area contributed by atoms with Crippen molar-refractivity contribution < 1.29 is 0 Å². The minimum atomic E-state index is 0.217. The first-order valence-corrected chi connectivity index (χ1v) is 6.17. The van der Waals surface area contributed by atoms with Gasteiger partial charge in [0.25, 0.3) is 0 Å². The van der Waals surface area contributed by atoms with Gasteiger partial charge in [-0.2, -0.15) is 15.4 Å². The van der Waals surface area contributed by atoms with E-state index in [1.54, 1.807) is 17.5 Å². The fourth-order valence-corrected chi connectivity index (χ4v) is 2.92. The quantitative estimate of drug-likeness (QED) is 0.905. The highest BCUT2D eigenvalue weighted by molar-refractivity contribution is 9.11. The van der Waals surface area contributed by atoms with E-state index in [1.807, 2.05) is 7.05 Å². The number of rotatable bonds is 4. The van der Waals surface area contributed by atoms with Crippen LogP contribution in [0.1, 0.15) is 16.6 Å². The molecule has 4 nitrogen and oxygen atoms in total. The zero-order valence-corrected chi connectivity index (χ0v) is 10.6. The van der Waals surface area contributed by atoms with E-state index >= 15 is 0 Å². The number of halogens is 1. The number of hydrogen-bond acceptors (Lipinski definition) is 4. The number of nitrogens with one attached hydrogen (secondary N) is 2. The van der Waals surface area contributed by atoms with Crippen molar-refractivity contribution in [3.05, 3.63) is 32.7 Å². The summed E-state index contributed by atoms with van der Waals surface area (Å²) in [5, 5.41) is 13.8. The van der Waals surface area contributed by atoms with Crippen LogP contribution in [0.3, 0.4) is 0 Å². The molecule has 15 heavy (non-hydrogen) atoms. The Morgan fingerprint density at radius 3 is 3.00 bits per heavy atom. The summed E-state index contributed by atoms with van der Waals surface area (Å²) in [5.74, 6) is 0. The molecule has 0 bridgehead atoms. The van der Waals surface area contributed by atoms with Crippen LogP contribution < -0.4 is 5.32 Å². The molecule has 80 valence electrons. The number of nitrogens with zero attached hydrogens (tertiary/aromatic N) is 2. The van der Waals surface area contributed by atoms with Gasteiger partial charge in [-0.1, -0.05) is 0 Å². The molecule has 0 spiro atoms. The molecule has 0 fully saturated rings. The standard InChI is InChI=1S/C9H11BrN4S/c1-11-7(8-5-12-14-13-8)4-6-2-3-9(10)15-6/h2-3,5,7,11H,4H2,1H3,(H,12,13,14). The lowest BCUT2D eigenvalue weighted by molar-refractivity contribution is 0.578. The molecular formula is C9H11BrN4S. The van der Waals surface area contributed by atoms with Crippen LogP contribution in [0.5, 0.6) is 0 Å². The molecule has 0 amide bonds. The van der Waals surface area contributed by atoms with Crippen molar-refractivity contribution in [3.63, 3.8) is 0 Å². The highest BCUT2D eigenvalue weighted by Gasteiger charge is 2.13. The van der Waals surface area contributed by atoms with Gasteiger partial charge in [0.2, 0.25) is 0 Å². The molecule has 6 heteroatoms. The van der Waals surface area contributed by atoms with E-state index < -0.39 is 0 Å². The summed E-state index contributed by atoms with van der Waals surface area (Å²) in [6.45, 7) is 0. The topological polar surface area (TPSA) is 53.6 Å². The number of H-pyrrole nitrogens is 1. The van der Waals surface area contributed by atoms with Gasteiger partial charge in [-0.15, -0.1) is 11.3 Å². The first-order valence-electron chi connectivity index (χ1n) is 4.56. The lowest BCUT2D eigenvalue weighted by Crippen LogP contribution is -2.18. The van der Waals surface area contributed by atoms with Gasteiger partial charge >= 0.3 is 0 Å². The van der Waals surface area contributed by atoms with Crippen LogP contribution in [-0.2, 0) is 6.42 Å². The van der Waals surface area contributed by atoms with E-state index in [2.05, 4.69) is 48.8 Å². The Hall–Kier alpha value is -0.720. The predicted molar refractivity (Wildman–Crippen MR) is 63.9 cm³/mol. The average Bonchev–Trinajstić information content (AvgIpc) is 2.85. The van der Waals surface area contributed by atoms with Crippen molar-refractivity contribution in [2.24, 2.45) is 0 Å². The SMILES string of the molecule is CNC(Cc1ccc(Br)s1)c1cn[nH]n1. The van der Waals surface area contributed by atoms with Gasteiger partial charge in [-0.3, -0.25) is 0 Å². The van der Waals surface area contributed by atoms with E-state index in [1.165, 1.54) is 4.88 Å². The van der Waals surface area contributed by atoms with E-state index in [0.29, 0.717) is 0 Å². The first kappa shape index (κ1) is 10.8. The maximum Gasteiger partial charge on any atom is 0.0997 e. The fraction of sp³-hybridized carbons (Fsp3) is 0.333. The van der Waals surface area contributed by atoms with Crippen molar-refractivity contribution in [3.8, 4) is 0 Å². The monoisotopic (exact) mass is 286 g/mol. The molecule has 0 saturated heterocycles. The summed E-state index contributed by atoms with van der Waals surface area (Å²) in [6, 6.07) is 4.41. The van der Waals surface area contributed by atoms with Gasteiger partial charge in [0.05, 0.1) is 21.7 Å². The summed E-state index contributed by atoms with van der Waals surface area (Å²) in [6.07, 6.45) is 2.68. The van der Waals surface area contributed by atoms with Crippen molar-refractivity contribution >= 4 is 27.3 Å². The number of thiophene rings is 1. The van der Waals surface area contributed by atoms with Crippen molar-refractivity contribution in [1.82, 2.24) is 20.7 Å². The van der Waals surface area contributed by atoms with Crippen molar-refractivity contribution in [2.45, 2.75) is 12.5 Å². The Morgan fingerprint density at radius 2 is 2.47 bits per heavy atom. The van der Waals surface area contributed by atoms with Crippen LogP contribution in [0.25, 0.3) is 0 Å². The van der Waals surface area contributed by atoms with Gasteiger partial charge in [-0.05, 0) is 35.1 Å². The molecule has 0 aliphatic rings. The molecule has 0 radical (unpaired) electrons. The van der Waals surface area contributed by atoms with E-state index in [4.69, 9.17) is 0 Å². The highest BCUT2D eigenvalue weighted by Crippen LogP contribution is 2.25. The molecule has 2 aromatic rings. The van der Waals surface area contributed by atoms with Crippen LogP contribution in [0.2, 0.25) is 0 Å². The summed E-state index contributed by atoms with van der Waals surface area (Å²) < 4.78 is 1.16. The van der Waals surface area contributed by atoms with Crippen LogP contribution in [0.4, 0.5) is 0 Å². The maximum absolute atomic E-state index is 4.08. The van der Waals surface area contributed by atoms with Crippen molar-refractivity contribution in [2.75, 3.05) is 7.05 Å². The minimum Gasteiger partial charge on any atom is -0.311 e. The molecule has 2 heterocycles. The Balaban J connectivity index is 2.09. The number of aromatic amines is 1. The van der Waals surface area contributed by atoms with Crippen LogP contribution in [0.15, 0.2) is 22.1 Å².